The van der Waals surface area contributed by atoms with Gasteiger partial charge in [0.15, 0.2) is 0 Å². The summed E-state index contributed by atoms with van der Waals surface area (Å²) in [6.07, 6.45) is 2.56. The first-order chi connectivity index (χ1) is 6.14. The van der Waals surface area contributed by atoms with Gasteiger partial charge >= 0.3 is 0 Å². The maximum atomic E-state index is 6.04. The Morgan fingerprint density at radius 1 is 1.15 bits per heavy atom. The lowest BCUT2D eigenvalue weighted by atomic mass is 10.1. The standard InChI is InChI=1S/C11H14Cl2/c1-2-11(12,13)9-8-10-6-4-3-5-7-10/h3-7H,2,8-9H2,1H3. The van der Waals surface area contributed by atoms with Gasteiger partial charge in [-0.1, -0.05) is 37.3 Å². The van der Waals surface area contributed by atoms with Crippen molar-refractivity contribution in [1.29, 1.82) is 0 Å². The van der Waals surface area contributed by atoms with E-state index in [1.807, 2.05) is 25.1 Å². The molecule has 1 aromatic carbocycles. The van der Waals surface area contributed by atoms with E-state index in [0.717, 1.165) is 19.3 Å². The van der Waals surface area contributed by atoms with Crippen molar-refractivity contribution in [2.24, 2.45) is 0 Å². The summed E-state index contributed by atoms with van der Waals surface area (Å²) in [7, 11) is 0. The zero-order chi connectivity index (χ0) is 9.73. The molecule has 0 spiro atoms. The van der Waals surface area contributed by atoms with Gasteiger partial charge in [0, 0.05) is 0 Å². The summed E-state index contributed by atoms with van der Waals surface area (Å²) in [5, 5.41) is 0. The van der Waals surface area contributed by atoms with Gasteiger partial charge in [0.1, 0.15) is 4.33 Å². The summed E-state index contributed by atoms with van der Waals surface area (Å²) >= 11 is 12.1. The molecule has 0 heterocycles. The number of halogens is 2. The van der Waals surface area contributed by atoms with Crippen LogP contribution in [0.2, 0.25) is 0 Å². The molecule has 1 aromatic rings. The maximum absolute atomic E-state index is 6.04. The smallest absolute Gasteiger partial charge is 0.102 e. The van der Waals surface area contributed by atoms with Gasteiger partial charge in [-0.25, -0.2) is 0 Å². The van der Waals surface area contributed by atoms with Gasteiger partial charge in [-0.05, 0) is 24.8 Å². The average molecular weight is 217 g/mol. The third-order valence-electron chi connectivity index (χ3n) is 2.14. The zero-order valence-electron chi connectivity index (χ0n) is 7.76. The maximum Gasteiger partial charge on any atom is 0.118 e. The van der Waals surface area contributed by atoms with Crippen LogP contribution >= 0.6 is 23.2 Å². The molecule has 0 bridgehead atoms. The van der Waals surface area contributed by atoms with Crippen molar-refractivity contribution in [3.63, 3.8) is 0 Å². The molecule has 0 aromatic heterocycles. The van der Waals surface area contributed by atoms with Gasteiger partial charge in [0.05, 0.1) is 0 Å². The highest BCUT2D eigenvalue weighted by molar-refractivity contribution is 6.48. The summed E-state index contributed by atoms with van der Waals surface area (Å²) < 4.78 is -0.560. The van der Waals surface area contributed by atoms with E-state index in [1.165, 1.54) is 5.56 Å². The molecule has 0 aliphatic rings. The molecule has 0 saturated heterocycles. The quantitative estimate of drug-likeness (QED) is 0.663. The Labute approximate surface area is 89.9 Å². The molecule has 0 radical (unpaired) electrons. The number of rotatable bonds is 4. The van der Waals surface area contributed by atoms with Crippen LogP contribution in [-0.2, 0) is 6.42 Å². The normalized spacial score (nSPS) is 11.6. The van der Waals surface area contributed by atoms with Crippen LogP contribution in [0.1, 0.15) is 25.3 Å². The predicted octanol–water partition coefficient (Wildman–Crippen LogP) is 4.20. The van der Waals surface area contributed by atoms with Crippen LogP contribution in [0.5, 0.6) is 0 Å². The van der Waals surface area contributed by atoms with E-state index in [4.69, 9.17) is 23.2 Å². The van der Waals surface area contributed by atoms with E-state index in [0.29, 0.717) is 0 Å². The lowest BCUT2D eigenvalue weighted by molar-refractivity contribution is 0.670. The fraction of sp³-hybridized carbons (Fsp3) is 0.455. The van der Waals surface area contributed by atoms with Crippen LogP contribution < -0.4 is 0 Å². The first-order valence-electron chi connectivity index (χ1n) is 4.56. The minimum atomic E-state index is -0.560. The first-order valence-corrected chi connectivity index (χ1v) is 5.31. The molecule has 0 fully saturated rings. The Morgan fingerprint density at radius 2 is 1.77 bits per heavy atom. The molecule has 13 heavy (non-hydrogen) atoms. The second-order valence-electron chi connectivity index (χ2n) is 3.20. The van der Waals surface area contributed by atoms with E-state index in [2.05, 4.69) is 12.1 Å². The Morgan fingerprint density at radius 3 is 2.31 bits per heavy atom. The van der Waals surface area contributed by atoms with E-state index in [1.54, 1.807) is 0 Å². The first kappa shape index (κ1) is 10.9. The molecule has 72 valence electrons. The summed E-state index contributed by atoms with van der Waals surface area (Å²) in [4.78, 5) is 0. The third-order valence-corrected chi connectivity index (χ3v) is 3.05. The molecule has 0 atom stereocenters. The molecule has 0 aliphatic carbocycles. The summed E-state index contributed by atoms with van der Waals surface area (Å²) in [5.41, 5.74) is 1.29. The Balaban J connectivity index is 2.44. The van der Waals surface area contributed by atoms with Crippen molar-refractivity contribution in [2.45, 2.75) is 30.5 Å². The van der Waals surface area contributed by atoms with E-state index in [9.17, 15) is 0 Å². The number of aryl methyl sites for hydroxylation is 1. The van der Waals surface area contributed by atoms with Gasteiger partial charge in [0.25, 0.3) is 0 Å². The number of hydrogen-bond donors (Lipinski definition) is 0. The van der Waals surface area contributed by atoms with Gasteiger partial charge in [0.2, 0.25) is 0 Å². The van der Waals surface area contributed by atoms with Crippen LogP contribution in [0.4, 0.5) is 0 Å². The molecule has 0 unspecified atom stereocenters. The highest BCUT2D eigenvalue weighted by Gasteiger charge is 2.20. The molecule has 0 saturated carbocycles. The van der Waals surface area contributed by atoms with Crippen molar-refractivity contribution in [1.82, 2.24) is 0 Å². The number of hydrogen-bond acceptors (Lipinski definition) is 0. The molecular formula is C11H14Cl2. The molecule has 0 aliphatic heterocycles. The Kier molecular flexibility index (Phi) is 4.08. The van der Waals surface area contributed by atoms with Crippen LogP contribution in [0.3, 0.4) is 0 Å². The van der Waals surface area contributed by atoms with Crippen molar-refractivity contribution in [3.05, 3.63) is 35.9 Å². The second-order valence-corrected chi connectivity index (χ2v) is 4.84. The van der Waals surface area contributed by atoms with Crippen molar-refractivity contribution >= 4 is 23.2 Å². The number of alkyl halides is 2. The molecule has 0 N–H and O–H groups in total. The number of benzene rings is 1. The highest BCUT2D eigenvalue weighted by atomic mass is 35.5. The van der Waals surface area contributed by atoms with Crippen LogP contribution in [0.25, 0.3) is 0 Å². The Hall–Kier alpha value is -0.200. The van der Waals surface area contributed by atoms with Gasteiger partial charge in [-0.2, -0.15) is 0 Å². The average Bonchev–Trinajstić information content (AvgIpc) is 2.17. The predicted molar refractivity (Wildman–Crippen MR) is 59.5 cm³/mol. The summed E-state index contributed by atoms with van der Waals surface area (Å²) in [5.74, 6) is 0. The molecule has 0 amide bonds. The van der Waals surface area contributed by atoms with Gasteiger partial charge in [-0.15, -0.1) is 23.2 Å². The lowest BCUT2D eigenvalue weighted by Gasteiger charge is -2.16. The SMILES string of the molecule is CCC(Cl)(Cl)CCc1ccccc1. The lowest BCUT2D eigenvalue weighted by Crippen LogP contribution is -2.11. The fourth-order valence-electron chi connectivity index (χ4n) is 1.15. The Bertz CT molecular complexity index is 242. The van der Waals surface area contributed by atoms with Gasteiger partial charge < -0.3 is 0 Å². The summed E-state index contributed by atoms with van der Waals surface area (Å²) in [6.45, 7) is 2.00. The van der Waals surface area contributed by atoms with E-state index in [-0.39, 0.29) is 0 Å². The van der Waals surface area contributed by atoms with E-state index >= 15 is 0 Å². The third kappa shape index (κ3) is 4.02. The van der Waals surface area contributed by atoms with Gasteiger partial charge in [-0.3, -0.25) is 0 Å². The van der Waals surface area contributed by atoms with Crippen LogP contribution in [-0.4, -0.2) is 4.33 Å². The minimum absolute atomic E-state index is 0.560. The van der Waals surface area contributed by atoms with E-state index < -0.39 is 4.33 Å². The molecule has 1 rings (SSSR count). The zero-order valence-corrected chi connectivity index (χ0v) is 9.28. The van der Waals surface area contributed by atoms with Crippen LogP contribution in [0.15, 0.2) is 30.3 Å². The van der Waals surface area contributed by atoms with Crippen LogP contribution in [0, 0.1) is 0 Å². The fourth-order valence-corrected chi connectivity index (χ4v) is 1.34. The van der Waals surface area contributed by atoms with Crippen molar-refractivity contribution in [2.75, 3.05) is 0 Å². The largest absolute Gasteiger partial charge is 0.118 e. The second kappa shape index (κ2) is 4.88. The summed E-state index contributed by atoms with van der Waals surface area (Å²) in [6, 6.07) is 10.3. The monoisotopic (exact) mass is 216 g/mol. The van der Waals surface area contributed by atoms with Crippen molar-refractivity contribution < 1.29 is 0 Å². The minimum Gasteiger partial charge on any atom is -0.102 e. The van der Waals surface area contributed by atoms with Crippen molar-refractivity contribution in [3.8, 4) is 0 Å². The molecule has 0 nitrogen and oxygen atoms in total. The molecule has 2 heteroatoms. The highest BCUT2D eigenvalue weighted by Crippen LogP contribution is 2.30. The molecular weight excluding hydrogens is 203 g/mol. The topological polar surface area (TPSA) is 0 Å².